The predicted octanol–water partition coefficient (Wildman–Crippen LogP) is 3.54. The van der Waals surface area contributed by atoms with E-state index in [1.54, 1.807) is 10.7 Å². The summed E-state index contributed by atoms with van der Waals surface area (Å²) in [6, 6.07) is 7.68. The van der Waals surface area contributed by atoms with Gasteiger partial charge in [0.25, 0.3) is 0 Å². The van der Waals surface area contributed by atoms with Gasteiger partial charge in [-0.05, 0) is 30.5 Å². The number of ether oxygens (including phenoxy) is 1. The molecule has 0 bridgehead atoms. The molecule has 108 valence electrons. The van der Waals surface area contributed by atoms with Gasteiger partial charge in [-0.25, -0.2) is 9.50 Å². The van der Waals surface area contributed by atoms with Crippen molar-refractivity contribution in [1.29, 1.82) is 0 Å². The third-order valence-corrected chi connectivity index (χ3v) is 3.41. The summed E-state index contributed by atoms with van der Waals surface area (Å²) < 4.78 is 7.73. The summed E-state index contributed by atoms with van der Waals surface area (Å²) in [5.74, 6) is 1.50. The monoisotopic (exact) mass is 282 g/mol. The van der Waals surface area contributed by atoms with Gasteiger partial charge in [0, 0.05) is 12.4 Å². The third-order valence-electron chi connectivity index (χ3n) is 3.41. The van der Waals surface area contributed by atoms with Crippen LogP contribution in [0.4, 0.5) is 5.69 Å². The van der Waals surface area contributed by atoms with E-state index in [0.29, 0.717) is 23.2 Å². The minimum absolute atomic E-state index is 0.348. The summed E-state index contributed by atoms with van der Waals surface area (Å²) in [6.07, 6.45) is 3.49. The summed E-state index contributed by atoms with van der Waals surface area (Å²) in [5, 5.41) is 4.52. The predicted molar refractivity (Wildman–Crippen MR) is 82.7 cm³/mol. The van der Waals surface area contributed by atoms with Crippen LogP contribution in [0.15, 0.2) is 36.7 Å². The zero-order valence-corrected chi connectivity index (χ0v) is 12.4. The first-order valence-electron chi connectivity index (χ1n) is 6.93. The molecule has 0 amide bonds. The van der Waals surface area contributed by atoms with Crippen LogP contribution in [-0.2, 0) is 0 Å². The number of nitrogens with two attached hydrogens (primary N) is 1. The molecule has 0 aliphatic heterocycles. The second-order valence-electron chi connectivity index (χ2n) is 5.38. The van der Waals surface area contributed by atoms with Crippen molar-refractivity contribution in [3.8, 4) is 11.6 Å². The van der Waals surface area contributed by atoms with E-state index < -0.39 is 0 Å². The second-order valence-corrected chi connectivity index (χ2v) is 5.38. The highest BCUT2D eigenvalue weighted by atomic mass is 16.5. The molecule has 3 rings (SSSR count). The van der Waals surface area contributed by atoms with E-state index in [1.807, 2.05) is 37.4 Å². The fourth-order valence-corrected chi connectivity index (χ4v) is 2.19. The normalized spacial score (nSPS) is 11.2. The number of hydrogen-bond donors (Lipinski definition) is 1. The van der Waals surface area contributed by atoms with Crippen molar-refractivity contribution in [2.75, 3.05) is 5.73 Å². The third kappa shape index (κ3) is 2.42. The minimum atomic E-state index is 0.348. The van der Waals surface area contributed by atoms with Crippen LogP contribution in [0.5, 0.6) is 11.6 Å². The first-order valence-corrected chi connectivity index (χ1v) is 6.93. The molecule has 21 heavy (non-hydrogen) atoms. The number of nitrogen functional groups attached to an aromatic ring is 1. The average molecular weight is 282 g/mol. The Kier molecular flexibility index (Phi) is 3.25. The standard InChI is InChI=1S/C16H18N4O/c1-10(2)13-9-14-16(18-7-8-20(14)19-13)21-15-11(3)5-4-6-12(15)17/h4-10H,17H2,1-3H3. The molecule has 0 atom stereocenters. The summed E-state index contributed by atoms with van der Waals surface area (Å²) in [4.78, 5) is 4.32. The number of fused-ring (bicyclic) bond motifs is 1. The van der Waals surface area contributed by atoms with Crippen molar-refractivity contribution >= 4 is 11.2 Å². The first kappa shape index (κ1) is 13.4. The average Bonchev–Trinajstić information content (AvgIpc) is 2.88. The Balaban J connectivity index is 2.08. The van der Waals surface area contributed by atoms with Crippen molar-refractivity contribution in [2.45, 2.75) is 26.7 Å². The van der Waals surface area contributed by atoms with Crippen molar-refractivity contribution in [1.82, 2.24) is 14.6 Å². The van der Waals surface area contributed by atoms with Gasteiger partial charge in [0.1, 0.15) is 5.52 Å². The van der Waals surface area contributed by atoms with E-state index in [2.05, 4.69) is 23.9 Å². The van der Waals surface area contributed by atoms with Gasteiger partial charge in [0.2, 0.25) is 5.88 Å². The van der Waals surface area contributed by atoms with Crippen LogP contribution < -0.4 is 10.5 Å². The summed E-state index contributed by atoms with van der Waals surface area (Å²) in [5.41, 5.74) is 9.41. The molecule has 2 heterocycles. The second kappa shape index (κ2) is 5.09. The molecule has 1 aromatic carbocycles. The maximum absolute atomic E-state index is 5.99. The van der Waals surface area contributed by atoms with Gasteiger partial charge in [0.05, 0.1) is 11.4 Å². The Hall–Kier alpha value is -2.56. The SMILES string of the molecule is Cc1cccc(N)c1Oc1nccn2nc(C(C)C)cc12. The van der Waals surface area contributed by atoms with Crippen LogP contribution in [0.1, 0.15) is 31.0 Å². The Morgan fingerprint density at radius 3 is 2.81 bits per heavy atom. The van der Waals surface area contributed by atoms with Crippen LogP contribution in [0.25, 0.3) is 5.52 Å². The van der Waals surface area contributed by atoms with E-state index in [9.17, 15) is 0 Å². The zero-order chi connectivity index (χ0) is 15.0. The van der Waals surface area contributed by atoms with E-state index in [4.69, 9.17) is 10.5 Å². The molecule has 2 N–H and O–H groups in total. The number of aryl methyl sites for hydroxylation is 1. The smallest absolute Gasteiger partial charge is 0.245 e. The zero-order valence-electron chi connectivity index (χ0n) is 12.4. The lowest BCUT2D eigenvalue weighted by Gasteiger charge is -2.10. The minimum Gasteiger partial charge on any atom is -0.435 e. The van der Waals surface area contributed by atoms with Gasteiger partial charge in [-0.2, -0.15) is 5.10 Å². The number of nitrogens with zero attached hydrogens (tertiary/aromatic N) is 3. The maximum Gasteiger partial charge on any atom is 0.245 e. The van der Waals surface area contributed by atoms with Crippen LogP contribution >= 0.6 is 0 Å². The number of aromatic nitrogens is 3. The molecule has 0 unspecified atom stereocenters. The number of rotatable bonds is 3. The molecule has 5 heteroatoms. The van der Waals surface area contributed by atoms with Crippen LogP contribution in [0, 0.1) is 6.92 Å². The number of benzene rings is 1. The summed E-state index contributed by atoms with van der Waals surface area (Å²) in [7, 11) is 0. The van der Waals surface area contributed by atoms with Crippen LogP contribution in [0.3, 0.4) is 0 Å². The number of anilines is 1. The molecular formula is C16H18N4O. The van der Waals surface area contributed by atoms with Gasteiger partial charge >= 0.3 is 0 Å². The molecule has 2 aromatic heterocycles. The Labute approximate surface area is 123 Å². The Bertz CT molecular complexity index is 772. The van der Waals surface area contributed by atoms with E-state index in [1.165, 1.54) is 0 Å². The van der Waals surface area contributed by atoms with Crippen LogP contribution in [0.2, 0.25) is 0 Å². The molecule has 0 aliphatic rings. The highest BCUT2D eigenvalue weighted by Gasteiger charge is 2.13. The largest absolute Gasteiger partial charge is 0.435 e. The fraction of sp³-hybridized carbons (Fsp3) is 0.250. The lowest BCUT2D eigenvalue weighted by Crippen LogP contribution is -1.98. The van der Waals surface area contributed by atoms with Crippen molar-refractivity contribution in [2.24, 2.45) is 0 Å². The molecular weight excluding hydrogens is 264 g/mol. The molecule has 0 saturated carbocycles. The van der Waals surface area contributed by atoms with Crippen molar-refractivity contribution < 1.29 is 4.74 Å². The summed E-state index contributed by atoms with van der Waals surface area (Å²) in [6.45, 7) is 6.17. The van der Waals surface area contributed by atoms with Gasteiger partial charge in [-0.1, -0.05) is 26.0 Å². The maximum atomic E-state index is 5.99. The topological polar surface area (TPSA) is 65.4 Å². The van der Waals surface area contributed by atoms with Gasteiger partial charge < -0.3 is 10.5 Å². The molecule has 0 aliphatic carbocycles. The highest BCUT2D eigenvalue weighted by Crippen LogP contribution is 2.32. The Morgan fingerprint density at radius 1 is 1.29 bits per heavy atom. The van der Waals surface area contributed by atoms with E-state index >= 15 is 0 Å². The molecule has 0 fully saturated rings. The van der Waals surface area contributed by atoms with Gasteiger partial charge in [-0.15, -0.1) is 0 Å². The Morgan fingerprint density at radius 2 is 2.10 bits per heavy atom. The molecule has 5 nitrogen and oxygen atoms in total. The molecule has 0 radical (unpaired) electrons. The fourth-order valence-electron chi connectivity index (χ4n) is 2.19. The highest BCUT2D eigenvalue weighted by molar-refractivity contribution is 5.62. The summed E-state index contributed by atoms with van der Waals surface area (Å²) >= 11 is 0. The molecule has 0 saturated heterocycles. The van der Waals surface area contributed by atoms with Crippen molar-refractivity contribution in [3.05, 3.63) is 47.9 Å². The molecule has 0 spiro atoms. The quantitative estimate of drug-likeness (QED) is 0.746. The van der Waals surface area contributed by atoms with Crippen molar-refractivity contribution in [3.63, 3.8) is 0 Å². The van der Waals surface area contributed by atoms with Gasteiger partial charge in [-0.3, -0.25) is 0 Å². The van der Waals surface area contributed by atoms with Crippen LogP contribution in [-0.4, -0.2) is 14.6 Å². The van der Waals surface area contributed by atoms with Gasteiger partial charge in [0.15, 0.2) is 5.75 Å². The number of hydrogen-bond acceptors (Lipinski definition) is 4. The lowest BCUT2D eigenvalue weighted by molar-refractivity contribution is 0.464. The van der Waals surface area contributed by atoms with E-state index in [0.717, 1.165) is 16.8 Å². The first-order chi connectivity index (χ1) is 10.1. The number of para-hydroxylation sites is 1. The lowest BCUT2D eigenvalue weighted by atomic mass is 10.1. The molecule has 3 aromatic rings. The van der Waals surface area contributed by atoms with E-state index in [-0.39, 0.29) is 0 Å².